The van der Waals surface area contributed by atoms with E-state index in [1.54, 1.807) is 0 Å². The molecule has 23 aromatic rings. The minimum Gasteiger partial charge on any atom is -0.0622 e. The maximum absolute atomic E-state index is 2.32. The summed E-state index contributed by atoms with van der Waals surface area (Å²) in [5.41, 5.74) is 54.7. The first-order chi connectivity index (χ1) is 69.9. The lowest BCUT2D eigenvalue weighted by Gasteiger charge is -2.15. The fourth-order valence-corrected chi connectivity index (χ4v) is 21.6. The second-order valence-electron chi connectivity index (χ2n) is 37.2. The minimum atomic E-state index is 0.268. The van der Waals surface area contributed by atoms with Crippen molar-refractivity contribution in [3.8, 4) is 189 Å². The van der Waals surface area contributed by atoms with E-state index in [9.17, 15) is 0 Å². The fraction of sp³-hybridized carbons (Fsp3) is 0.0213. The molecule has 0 spiro atoms. The van der Waals surface area contributed by atoms with Gasteiger partial charge in [0.1, 0.15) is 0 Å². The van der Waals surface area contributed by atoms with Gasteiger partial charge in [0.15, 0.2) is 0 Å². The standard InChI is InChI=1S/2C49H34.C43H30/c2*1-3-11-34(12-4-1)36-19-23-39(24-20-36)43-31-42(35-13-5-2-6-14-35)32-44(33-43)40-25-21-37(22-26-40)38-27-29-41(30-28-38)49-47-17-9-7-15-45(47)46-16-8-10-18-48(46)49;1-3-11-30(12-4-1)36-27-37(31-13-5-2-6-14-31)29-38(28-36)34-21-19-32(20-22-34)33-23-25-35(26-24-33)43-41-17-9-7-15-39(41)40-16-8-10-18-42(40)43/h2*1-33,49H;1-29,43H. The molecule has 0 N–H and O–H groups in total. The normalized spacial score (nSPS) is 12.0. The molecular formula is C141H98. The second kappa shape index (κ2) is 38.7. The van der Waals surface area contributed by atoms with Crippen molar-refractivity contribution < 1.29 is 0 Å². The molecule has 0 nitrogen and oxygen atoms in total. The van der Waals surface area contributed by atoms with Gasteiger partial charge in [0.05, 0.1) is 0 Å². The highest BCUT2D eigenvalue weighted by Gasteiger charge is 2.33. The van der Waals surface area contributed by atoms with Crippen LogP contribution in [-0.2, 0) is 0 Å². The Morgan fingerprint density at radius 3 is 0.319 bits per heavy atom. The highest BCUT2D eigenvalue weighted by atomic mass is 14.4. The van der Waals surface area contributed by atoms with E-state index in [0.717, 1.165) is 0 Å². The third kappa shape index (κ3) is 17.6. The monoisotopic (exact) mass is 1790 g/mol. The van der Waals surface area contributed by atoms with Crippen LogP contribution in [0.4, 0.5) is 0 Å². The van der Waals surface area contributed by atoms with E-state index in [4.69, 9.17) is 0 Å². The van der Waals surface area contributed by atoms with E-state index in [1.165, 1.54) is 239 Å². The average Bonchev–Trinajstić information content (AvgIpc) is 1.60. The van der Waals surface area contributed by atoms with E-state index in [1.807, 2.05) is 0 Å². The molecular weight excluding hydrogens is 1690 g/mol. The van der Waals surface area contributed by atoms with Gasteiger partial charge in [0.25, 0.3) is 0 Å². The molecule has 0 heteroatoms. The molecule has 0 heterocycles. The van der Waals surface area contributed by atoms with Gasteiger partial charge in [-0.05, 0) is 294 Å². The number of hydrogen-bond acceptors (Lipinski definition) is 0. The number of benzene rings is 23. The molecule has 3 aliphatic rings. The molecule has 26 rings (SSSR count). The Bertz CT molecular complexity index is 7840. The van der Waals surface area contributed by atoms with Crippen LogP contribution in [0.5, 0.6) is 0 Å². The van der Waals surface area contributed by atoms with Crippen molar-refractivity contribution in [2.75, 3.05) is 0 Å². The third-order valence-electron chi connectivity index (χ3n) is 28.8. The van der Waals surface area contributed by atoms with E-state index in [-0.39, 0.29) is 17.8 Å². The molecule has 0 aliphatic heterocycles. The number of hydrogen-bond donors (Lipinski definition) is 0. The summed E-state index contributed by atoms with van der Waals surface area (Å²) in [6.45, 7) is 0. The van der Waals surface area contributed by atoms with Gasteiger partial charge in [-0.15, -0.1) is 0 Å². The van der Waals surface area contributed by atoms with Gasteiger partial charge in [-0.1, -0.05) is 522 Å². The summed E-state index contributed by atoms with van der Waals surface area (Å²) in [5.74, 6) is 0.813. The summed E-state index contributed by atoms with van der Waals surface area (Å²) in [6, 6.07) is 210. The van der Waals surface area contributed by atoms with E-state index >= 15 is 0 Å². The third-order valence-corrected chi connectivity index (χ3v) is 28.8. The molecule has 0 amide bonds. The van der Waals surface area contributed by atoms with Gasteiger partial charge in [-0.25, -0.2) is 0 Å². The van der Waals surface area contributed by atoms with Crippen LogP contribution < -0.4 is 0 Å². The minimum absolute atomic E-state index is 0.268. The molecule has 0 aromatic heterocycles. The summed E-state index contributed by atoms with van der Waals surface area (Å²) in [7, 11) is 0. The largest absolute Gasteiger partial charge is 0.0622 e. The van der Waals surface area contributed by atoms with Crippen molar-refractivity contribution in [1.82, 2.24) is 0 Å². The van der Waals surface area contributed by atoms with Crippen molar-refractivity contribution in [2.45, 2.75) is 17.8 Å². The lowest BCUT2D eigenvalue weighted by atomic mass is 9.88. The lowest BCUT2D eigenvalue weighted by Crippen LogP contribution is -1.98. The average molecular weight is 1790 g/mol. The Hall–Kier alpha value is -17.9. The van der Waals surface area contributed by atoms with Crippen LogP contribution in [0.25, 0.3) is 189 Å². The Morgan fingerprint density at radius 2 is 0.177 bits per heavy atom. The first kappa shape index (κ1) is 85.9. The molecule has 0 saturated heterocycles. The predicted molar refractivity (Wildman–Crippen MR) is 594 cm³/mol. The van der Waals surface area contributed by atoms with Crippen LogP contribution in [-0.4, -0.2) is 0 Å². The Labute approximate surface area is 827 Å². The molecule has 0 bridgehead atoms. The van der Waals surface area contributed by atoms with Gasteiger partial charge in [0, 0.05) is 17.8 Å². The summed E-state index contributed by atoms with van der Waals surface area (Å²) < 4.78 is 0. The van der Waals surface area contributed by atoms with Gasteiger partial charge < -0.3 is 0 Å². The summed E-state index contributed by atoms with van der Waals surface area (Å²) >= 11 is 0. The summed E-state index contributed by atoms with van der Waals surface area (Å²) in [5, 5.41) is 0. The molecule has 662 valence electrons. The van der Waals surface area contributed by atoms with Crippen LogP contribution in [0.1, 0.15) is 67.8 Å². The maximum atomic E-state index is 2.32. The molecule has 0 fully saturated rings. The Morgan fingerprint density at radius 1 is 0.0780 bits per heavy atom. The van der Waals surface area contributed by atoms with Crippen molar-refractivity contribution in [3.63, 3.8) is 0 Å². The van der Waals surface area contributed by atoms with Gasteiger partial charge >= 0.3 is 0 Å². The topological polar surface area (TPSA) is 0 Å². The molecule has 23 aromatic carbocycles. The highest BCUT2D eigenvalue weighted by molar-refractivity contribution is 5.90. The molecule has 0 atom stereocenters. The van der Waals surface area contributed by atoms with Crippen LogP contribution in [0.2, 0.25) is 0 Å². The van der Waals surface area contributed by atoms with E-state index in [2.05, 4.69) is 576 Å². The van der Waals surface area contributed by atoms with Crippen molar-refractivity contribution in [2.24, 2.45) is 0 Å². The van der Waals surface area contributed by atoms with E-state index in [0.29, 0.717) is 0 Å². The fourth-order valence-electron chi connectivity index (χ4n) is 21.6. The summed E-state index contributed by atoms with van der Waals surface area (Å²) in [4.78, 5) is 0. The first-order valence-corrected chi connectivity index (χ1v) is 49.0. The Balaban J connectivity index is 0.000000115. The zero-order chi connectivity index (χ0) is 93.7. The van der Waals surface area contributed by atoms with Crippen molar-refractivity contribution in [3.05, 3.63) is 626 Å². The number of fused-ring (bicyclic) bond motifs is 9. The first-order valence-electron chi connectivity index (χ1n) is 49.0. The molecule has 0 saturated carbocycles. The Kier molecular flexibility index (Phi) is 23.6. The summed E-state index contributed by atoms with van der Waals surface area (Å²) in [6.07, 6.45) is 0. The van der Waals surface area contributed by atoms with Crippen molar-refractivity contribution >= 4 is 0 Å². The van der Waals surface area contributed by atoms with Crippen LogP contribution in [0.15, 0.2) is 576 Å². The van der Waals surface area contributed by atoms with Crippen LogP contribution in [0, 0.1) is 0 Å². The SMILES string of the molecule is c1ccc(-c2cc(-c3ccccc3)cc(-c3ccc(-c4ccc(C5c6ccccc6-c6ccccc65)cc4)cc3)c2)cc1.c1ccc(-c2ccc(-c3cc(-c4ccccc4)cc(-c4ccc(-c5ccc(C6c7ccccc7-c7ccccc76)cc5)cc4)c3)cc2)cc1.c1ccc(-c2ccc(-c3cc(-c4ccccc4)cc(-c4ccc(-c5ccc(C6c7ccccc7-c7ccccc76)cc5)cc4)c3)cc2)cc1. The van der Waals surface area contributed by atoms with E-state index < -0.39 is 0 Å². The van der Waals surface area contributed by atoms with Gasteiger partial charge in [-0.2, -0.15) is 0 Å². The quantitative estimate of drug-likeness (QED) is 0.0852. The van der Waals surface area contributed by atoms with Gasteiger partial charge in [-0.3, -0.25) is 0 Å². The molecule has 0 radical (unpaired) electrons. The molecule has 3 aliphatic carbocycles. The highest BCUT2D eigenvalue weighted by Crippen LogP contribution is 2.53. The van der Waals surface area contributed by atoms with Gasteiger partial charge in [0.2, 0.25) is 0 Å². The zero-order valence-corrected chi connectivity index (χ0v) is 78.1. The van der Waals surface area contributed by atoms with Crippen LogP contribution >= 0.6 is 0 Å². The molecule has 0 unspecified atom stereocenters. The predicted octanol–water partition coefficient (Wildman–Crippen LogP) is 37.9. The smallest absolute Gasteiger partial charge is 0.0352 e. The zero-order valence-electron chi connectivity index (χ0n) is 78.1. The second-order valence-corrected chi connectivity index (χ2v) is 37.2. The number of rotatable bonds is 17. The van der Waals surface area contributed by atoms with Crippen molar-refractivity contribution in [1.29, 1.82) is 0 Å². The van der Waals surface area contributed by atoms with Crippen LogP contribution in [0.3, 0.4) is 0 Å². The lowest BCUT2D eigenvalue weighted by molar-refractivity contribution is 1.02. The molecule has 141 heavy (non-hydrogen) atoms. The maximum Gasteiger partial charge on any atom is 0.0352 e.